The van der Waals surface area contributed by atoms with Crippen LogP contribution in [0, 0.1) is 5.92 Å². The molecule has 142 valence electrons. The molecule has 2 N–H and O–H groups in total. The van der Waals surface area contributed by atoms with Crippen LogP contribution in [0.15, 0.2) is 24.3 Å². The number of ether oxygens (including phenoxy) is 1. The molecule has 2 heterocycles. The SMILES string of the molecule is CC1CCN(C(=O)c2cccc(NCC(=O)NCC3CCCO3)c2)CC1. The summed E-state index contributed by atoms with van der Waals surface area (Å²) in [5, 5.41) is 5.99. The maximum atomic E-state index is 12.7. The monoisotopic (exact) mass is 359 g/mol. The number of piperidine rings is 1. The number of anilines is 1. The van der Waals surface area contributed by atoms with Crippen LogP contribution in [-0.2, 0) is 9.53 Å². The van der Waals surface area contributed by atoms with Gasteiger partial charge in [0, 0.05) is 37.5 Å². The Morgan fingerprint density at radius 3 is 2.77 bits per heavy atom. The Bertz CT molecular complexity index is 620. The number of nitrogens with one attached hydrogen (secondary N) is 2. The van der Waals surface area contributed by atoms with Crippen LogP contribution in [-0.4, -0.2) is 55.6 Å². The summed E-state index contributed by atoms with van der Waals surface area (Å²) < 4.78 is 5.50. The first kappa shape index (κ1) is 18.7. The van der Waals surface area contributed by atoms with Crippen LogP contribution in [0.2, 0.25) is 0 Å². The van der Waals surface area contributed by atoms with Crippen molar-refractivity contribution in [2.45, 2.75) is 38.7 Å². The van der Waals surface area contributed by atoms with Crippen molar-refractivity contribution < 1.29 is 14.3 Å². The van der Waals surface area contributed by atoms with E-state index in [1.54, 1.807) is 0 Å². The molecule has 0 bridgehead atoms. The molecule has 6 heteroatoms. The Balaban J connectivity index is 1.47. The normalized spacial score (nSPS) is 20.8. The van der Waals surface area contributed by atoms with Crippen LogP contribution in [0.5, 0.6) is 0 Å². The third-order valence-electron chi connectivity index (χ3n) is 5.18. The number of carbonyl (C=O) groups is 2. The van der Waals surface area contributed by atoms with E-state index >= 15 is 0 Å². The summed E-state index contributed by atoms with van der Waals surface area (Å²) in [5.41, 5.74) is 1.46. The van der Waals surface area contributed by atoms with E-state index < -0.39 is 0 Å². The van der Waals surface area contributed by atoms with Gasteiger partial charge in [-0.25, -0.2) is 0 Å². The van der Waals surface area contributed by atoms with E-state index in [1.165, 1.54) is 0 Å². The molecule has 2 aliphatic heterocycles. The minimum atomic E-state index is -0.0674. The van der Waals surface area contributed by atoms with E-state index in [0.717, 1.165) is 51.1 Å². The van der Waals surface area contributed by atoms with Crippen molar-refractivity contribution in [3.63, 3.8) is 0 Å². The number of likely N-dealkylation sites (tertiary alicyclic amines) is 1. The maximum Gasteiger partial charge on any atom is 0.253 e. The first-order valence-corrected chi connectivity index (χ1v) is 9.63. The molecule has 2 amide bonds. The second kappa shape index (κ2) is 9.03. The van der Waals surface area contributed by atoms with Crippen LogP contribution in [0.1, 0.15) is 43.0 Å². The summed E-state index contributed by atoms with van der Waals surface area (Å²) in [5.74, 6) is 0.700. The molecule has 0 spiro atoms. The van der Waals surface area contributed by atoms with Crippen LogP contribution < -0.4 is 10.6 Å². The third-order valence-corrected chi connectivity index (χ3v) is 5.18. The molecule has 0 aliphatic carbocycles. The van der Waals surface area contributed by atoms with Gasteiger partial charge in [-0.1, -0.05) is 13.0 Å². The molecule has 0 radical (unpaired) electrons. The number of rotatable bonds is 6. The molecule has 3 rings (SSSR count). The third kappa shape index (κ3) is 5.21. The van der Waals surface area contributed by atoms with Crippen LogP contribution in [0.25, 0.3) is 0 Å². The van der Waals surface area contributed by atoms with E-state index in [9.17, 15) is 9.59 Å². The Hall–Kier alpha value is -2.08. The minimum Gasteiger partial charge on any atom is -0.376 e. The summed E-state index contributed by atoms with van der Waals surface area (Å²) in [6.07, 6.45) is 4.35. The van der Waals surface area contributed by atoms with Gasteiger partial charge in [-0.3, -0.25) is 9.59 Å². The van der Waals surface area contributed by atoms with Gasteiger partial charge in [-0.05, 0) is 49.8 Å². The lowest BCUT2D eigenvalue weighted by molar-refractivity contribution is -0.119. The van der Waals surface area contributed by atoms with Crippen molar-refractivity contribution in [2.75, 3.05) is 38.1 Å². The summed E-state index contributed by atoms with van der Waals surface area (Å²) in [4.78, 5) is 26.5. The number of carbonyl (C=O) groups excluding carboxylic acids is 2. The lowest BCUT2D eigenvalue weighted by atomic mass is 9.98. The second-order valence-electron chi connectivity index (χ2n) is 7.35. The highest BCUT2D eigenvalue weighted by molar-refractivity contribution is 5.95. The second-order valence-corrected chi connectivity index (χ2v) is 7.35. The summed E-state index contributed by atoms with van der Waals surface area (Å²) in [6.45, 7) is 5.41. The van der Waals surface area contributed by atoms with Crippen LogP contribution >= 0.6 is 0 Å². The predicted molar refractivity (Wildman–Crippen MR) is 101 cm³/mol. The standard InChI is InChI=1S/C20H29N3O3/c1-15-7-9-23(10-8-15)20(25)16-4-2-5-17(12-16)21-14-19(24)22-13-18-6-3-11-26-18/h2,4-5,12,15,18,21H,3,6-11,13-14H2,1H3,(H,22,24). The highest BCUT2D eigenvalue weighted by atomic mass is 16.5. The molecule has 1 aromatic carbocycles. The summed E-state index contributed by atoms with van der Waals surface area (Å²) in [6, 6.07) is 7.39. The molecule has 1 aromatic rings. The molecular formula is C20H29N3O3. The average Bonchev–Trinajstić information content (AvgIpc) is 3.18. The quantitative estimate of drug-likeness (QED) is 0.817. The Morgan fingerprint density at radius 1 is 1.23 bits per heavy atom. The zero-order valence-electron chi connectivity index (χ0n) is 15.5. The largest absolute Gasteiger partial charge is 0.376 e. The fourth-order valence-electron chi connectivity index (χ4n) is 3.43. The number of benzene rings is 1. The van der Waals surface area contributed by atoms with E-state index in [2.05, 4.69) is 17.6 Å². The fourth-order valence-corrected chi connectivity index (χ4v) is 3.43. The van der Waals surface area contributed by atoms with E-state index in [0.29, 0.717) is 18.0 Å². The molecule has 0 saturated carbocycles. The predicted octanol–water partition coefficient (Wildman–Crippen LogP) is 2.27. The van der Waals surface area contributed by atoms with Gasteiger partial charge in [-0.15, -0.1) is 0 Å². The summed E-state index contributed by atoms with van der Waals surface area (Å²) in [7, 11) is 0. The smallest absolute Gasteiger partial charge is 0.253 e. The summed E-state index contributed by atoms with van der Waals surface area (Å²) >= 11 is 0. The van der Waals surface area contributed by atoms with E-state index in [4.69, 9.17) is 4.74 Å². The van der Waals surface area contributed by atoms with Crippen molar-refractivity contribution in [1.82, 2.24) is 10.2 Å². The van der Waals surface area contributed by atoms with Crippen molar-refractivity contribution in [1.29, 1.82) is 0 Å². The van der Waals surface area contributed by atoms with Crippen LogP contribution in [0.3, 0.4) is 0 Å². The number of amides is 2. The van der Waals surface area contributed by atoms with Gasteiger partial charge in [0.1, 0.15) is 0 Å². The molecular weight excluding hydrogens is 330 g/mol. The molecule has 0 aromatic heterocycles. The Labute approximate surface area is 155 Å². The van der Waals surface area contributed by atoms with Crippen molar-refractivity contribution in [3.8, 4) is 0 Å². The van der Waals surface area contributed by atoms with Gasteiger partial charge < -0.3 is 20.3 Å². The number of hydrogen-bond donors (Lipinski definition) is 2. The zero-order valence-corrected chi connectivity index (χ0v) is 15.5. The average molecular weight is 359 g/mol. The van der Waals surface area contributed by atoms with Gasteiger partial charge in [-0.2, -0.15) is 0 Å². The molecule has 2 aliphatic rings. The number of nitrogens with zero attached hydrogens (tertiary/aromatic N) is 1. The van der Waals surface area contributed by atoms with Crippen LogP contribution in [0.4, 0.5) is 5.69 Å². The number of hydrogen-bond acceptors (Lipinski definition) is 4. The first-order chi connectivity index (χ1) is 12.6. The highest BCUT2D eigenvalue weighted by Gasteiger charge is 2.21. The Kier molecular flexibility index (Phi) is 6.50. The van der Waals surface area contributed by atoms with Gasteiger partial charge in [0.15, 0.2) is 0 Å². The maximum absolute atomic E-state index is 12.7. The lowest BCUT2D eigenvalue weighted by Gasteiger charge is -2.30. The first-order valence-electron chi connectivity index (χ1n) is 9.63. The van der Waals surface area contributed by atoms with Crippen molar-refractivity contribution in [2.24, 2.45) is 5.92 Å². The minimum absolute atomic E-state index is 0.0674. The van der Waals surface area contributed by atoms with Gasteiger partial charge in [0.2, 0.25) is 5.91 Å². The lowest BCUT2D eigenvalue weighted by Crippen LogP contribution is -2.38. The molecule has 1 atom stereocenters. The van der Waals surface area contributed by atoms with Gasteiger partial charge in [0.25, 0.3) is 5.91 Å². The van der Waals surface area contributed by atoms with E-state index in [1.807, 2.05) is 29.2 Å². The molecule has 6 nitrogen and oxygen atoms in total. The van der Waals surface area contributed by atoms with Gasteiger partial charge in [0.05, 0.1) is 12.6 Å². The molecule has 2 saturated heterocycles. The highest BCUT2D eigenvalue weighted by Crippen LogP contribution is 2.19. The van der Waals surface area contributed by atoms with E-state index in [-0.39, 0.29) is 24.5 Å². The van der Waals surface area contributed by atoms with Gasteiger partial charge >= 0.3 is 0 Å². The van der Waals surface area contributed by atoms with Crippen molar-refractivity contribution in [3.05, 3.63) is 29.8 Å². The molecule has 1 unspecified atom stereocenters. The zero-order chi connectivity index (χ0) is 18.4. The molecule has 26 heavy (non-hydrogen) atoms. The molecule has 2 fully saturated rings. The topological polar surface area (TPSA) is 70.7 Å². The van der Waals surface area contributed by atoms with Crippen molar-refractivity contribution >= 4 is 17.5 Å². The Morgan fingerprint density at radius 2 is 2.04 bits per heavy atom. The fraction of sp³-hybridized carbons (Fsp3) is 0.600.